The van der Waals surface area contributed by atoms with Crippen molar-refractivity contribution in [1.29, 1.82) is 0 Å². The van der Waals surface area contributed by atoms with Gasteiger partial charge in [-0.15, -0.1) is 4.91 Å². The first kappa shape index (κ1) is 11.1. The quantitative estimate of drug-likeness (QED) is 0.720. The normalized spacial score (nSPS) is 17.4. The third-order valence-electron chi connectivity index (χ3n) is 3.02. The lowest BCUT2D eigenvalue weighted by atomic mass is 10.1. The molecule has 1 aliphatic heterocycles. The summed E-state index contributed by atoms with van der Waals surface area (Å²) in [5.74, 6) is 0. The van der Waals surface area contributed by atoms with Crippen LogP contribution in [0.15, 0.2) is 35.6 Å². The van der Waals surface area contributed by atoms with Crippen LogP contribution in [0.5, 0.6) is 0 Å². The number of piperazine rings is 1. The van der Waals surface area contributed by atoms with Gasteiger partial charge < -0.3 is 0 Å². The molecule has 0 unspecified atom stereocenters. The van der Waals surface area contributed by atoms with E-state index in [1.807, 2.05) is 6.07 Å². The predicted molar refractivity (Wildman–Crippen MR) is 64.0 cm³/mol. The van der Waals surface area contributed by atoms with Crippen LogP contribution in [0.1, 0.15) is 5.56 Å². The Morgan fingerprint density at radius 2 is 1.75 bits per heavy atom. The SMILES string of the molecule is O=NN1CCN(CCc2ccccc2)CC1. The summed E-state index contributed by atoms with van der Waals surface area (Å²) >= 11 is 0. The van der Waals surface area contributed by atoms with Gasteiger partial charge in [-0.3, -0.25) is 9.91 Å². The highest BCUT2D eigenvalue weighted by molar-refractivity contribution is 5.14. The van der Waals surface area contributed by atoms with E-state index in [1.165, 1.54) is 5.56 Å². The Morgan fingerprint density at radius 1 is 1.06 bits per heavy atom. The molecule has 0 saturated carbocycles. The van der Waals surface area contributed by atoms with Crippen LogP contribution in [0.3, 0.4) is 0 Å². The zero-order chi connectivity index (χ0) is 11.2. The van der Waals surface area contributed by atoms with Gasteiger partial charge in [-0.2, -0.15) is 0 Å². The summed E-state index contributed by atoms with van der Waals surface area (Å²) in [5, 5.41) is 4.55. The van der Waals surface area contributed by atoms with Crippen LogP contribution in [-0.4, -0.2) is 42.6 Å². The summed E-state index contributed by atoms with van der Waals surface area (Å²) in [5.41, 5.74) is 1.37. The number of rotatable bonds is 4. The minimum atomic E-state index is 0.762. The predicted octanol–water partition coefficient (Wildman–Crippen LogP) is 1.53. The molecule has 1 aromatic carbocycles. The van der Waals surface area contributed by atoms with Crippen molar-refractivity contribution in [3.63, 3.8) is 0 Å². The molecule has 16 heavy (non-hydrogen) atoms. The molecular weight excluding hydrogens is 202 g/mol. The van der Waals surface area contributed by atoms with Crippen molar-refractivity contribution in [2.45, 2.75) is 6.42 Å². The molecule has 4 nitrogen and oxygen atoms in total. The van der Waals surface area contributed by atoms with E-state index in [4.69, 9.17) is 0 Å². The van der Waals surface area contributed by atoms with Crippen molar-refractivity contribution < 1.29 is 0 Å². The molecule has 0 atom stereocenters. The van der Waals surface area contributed by atoms with Crippen molar-refractivity contribution in [2.24, 2.45) is 5.29 Å². The second kappa shape index (κ2) is 5.61. The van der Waals surface area contributed by atoms with Gasteiger partial charge in [0, 0.05) is 19.6 Å². The molecule has 1 saturated heterocycles. The fourth-order valence-corrected chi connectivity index (χ4v) is 1.97. The fraction of sp³-hybridized carbons (Fsp3) is 0.500. The summed E-state index contributed by atoms with van der Waals surface area (Å²) in [6.45, 7) is 4.48. The van der Waals surface area contributed by atoms with Crippen LogP contribution >= 0.6 is 0 Å². The van der Waals surface area contributed by atoms with E-state index in [0.29, 0.717) is 0 Å². The van der Waals surface area contributed by atoms with E-state index in [0.717, 1.165) is 39.1 Å². The smallest absolute Gasteiger partial charge is 0.0524 e. The van der Waals surface area contributed by atoms with Crippen LogP contribution in [0, 0.1) is 4.91 Å². The second-order valence-electron chi connectivity index (χ2n) is 4.11. The molecule has 2 rings (SSSR count). The molecule has 1 aliphatic rings. The standard InChI is InChI=1S/C12H17N3O/c16-13-15-10-8-14(9-11-15)7-6-12-4-2-1-3-5-12/h1-5H,6-11H2. The highest BCUT2D eigenvalue weighted by atomic mass is 16.3. The maximum absolute atomic E-state index is 10.3. The Kier molecular flexibility index (Phi) is 3.88. The van der Waals surface area contributed by atoms with Gasteiger partial charge in [0.2, 0.25) is 0 Å². The Balaban J connectivity index is 1.73. The minimum Gasteiger partial charge on any atom is -0.299 e. The number of hydrogen-bond acceptors (Lipinski definition) is 3. The van der Waals surface area contributed by atoms with Crippen LogP contribution < -0.4 is 0 Å². The van der Waals surface area contributed by atoms with Crippen LogP contribution in [0.25, 0.3) is 0 Å². The zero-order valence-corrected chi connectivity index (χ0v) is 9.38. The van der Waals surface area contributed by atoms with E-state index in [-0.39, 0.29) is 0 Å². The van der Waals surface area contributed by atoms with Crippen LogP contribution in [-0.2, 0) is 6.42 Å². The van der Waals surface area contributed by atoms with Crippen molar-refractivity contribution in [1.82, 2.24) is 9.91 Å². The molecule has 0 N–H and O–H groups in total. The molecule has 0 amide bonds. The number of benzene rings is 1. The van der Waals surface area contributed by atoms with Crippen LogP contribution in [0.4, 0.5) is 0 Å². The van der Waals surface area contributed by atoms with E-state index >= 15 is 0 Å². The van der Waals surface area contributed by atoms with E-state index < -0.39 is 0 Å². The molecule has 0 aliphatic carbocycles. The number of hydrogen-bond donors (Lipinski definition) is 0. The average Bonchev–Trinajstić information content (AvgIpc) is 2.38. The number of nitroso groups, excluding NO2 is 1. The van der Waals surface area contributed by atoms with Gasteiger partial charge in [0.05, 0.1) is 18.4 Å². The van der Waals surface area contributed by atoms with Gasteiger partial charge in [0.25, 0.3) is 0 Å². The summed E-state index contributed by atoms with van der Waals surface area (Å²) < 4.78 is 0. The van der Waals surface area contributed by atoms with Gasteiger partial charge in [-0.25, -0.2) is 0 Å². The third kappa shape index (κ3) is 3.03. The molecule has 0 aromatic heterocycles. The first-order chi connectivity index (χ1) is 7.88. The third-order valence-corrected chi connectivity index (χ3v) is 3.02. The van der Waals surface area contributed by atoms with E-state index in [2.05, 4.69) is 34.5 Å². The monoisotopic (exact) mass is 219 g/mol. The van der Waals surface area contributed by atoms with Crippen molar-refractivity contribution in [3.05, 3.63) is 40.8 Å². The molecule has 1 aromatic rings. The van der Waals surface area contributed by atoms with Gasteiger partial charge in [0.1, 0.15) is 0 Å². The van der Waals surface area contributed by atoms with Gasteiger partial charge in [-0.05, 0) is 12.0 Å². The zero-order valence-electron chi connectivity index (χ0n) is 9.38. The largest absolute Gasteiger partial charge is 0.299 e. The Morgan fingerprint density at radius 3 is 2.38 bits per heavy atom. The van der Waals surface area contributed by atoms with Crippen LogP contribution in [0.2, 0.25) is 0 Å². The fourth-order valence-electron chi connectivity index (χ4n) is 1.97. The molecule has 0 bridgehead atoms. The molecule has 1 heterocycles. The maximum Gasteiger partial charge on any atom is 0.0524 e. The van der Waals surface area contributed by atoms with Gasteiger partial charge in [-0.1, -0.05) is 30.3 Å². The summed E-state index contributed by atoms with van der Waals surface area (Å²) in [6.07, 6.45) is 1.08. The summed E-state index contributed by atoms with van der Waals surface area (Å²) in [7, 11) is 0. The van der Waals surface area contributed by atoms with Crippen molar-refractivity contribution in [2.75, 3.05) is 32.7 Å². The first-order valence-corrected chi connectivity index (χ1v) is 5.73. The summed E-state index contributed by atoms with van der Waals surface area (Å²) in [6, 6.07) is 10.5. The summed E-state index contributed by atoms with van der Waals surface area (Å²) in [4.78, 5) is 12.7. The van der Waals surface area contributed by atoms with Gasteiger partial charge in [0.15, 0.2) is 0 Å². The molecule has 1 fully saturated rings. The molecular formula is C12H17N3O. The Hall–Kier alpha value is -1.42. The molecule has 4 heteroatoms. The molecule has 0 spiro atoms. The van der Waals surface area contributed by atoms with Crippen molar-refractivity contribution >= 4 is 0 Å². The lowest BCUT2D eigenvalue weighted by Gasteiger charge is -2.31. The molecule has 86 valence electrons. The van der Waals surface area contributed by atoms with E-state index in [9.17, 15) is 4.91 Å². The van der Waals surface area contributed by atoms with Gasteiger partial charge >= 0.3 is 0 Å². The Labute approximate surface area is 95.8 Å². The highest BCUT2D eigenvalue weighted by Crippen LogP contribution is 2.05. The lowest BCUT2D eigenvalue weighted by Crippen LogP contribution is -2.44. The molecule has 0 radical (unpaired) electrons. The Bertz CT molecular complexity index is 320. The number of nitrogens with zero attached hydrogens (tertiary/aromatic N) is 3. The maximum atomic E-state index is 10.3. The van der Waals surface area contributed by atoms with Crippen molar-refractivity contribution in [3.8, 4) is 0 Å². The second-order valence-corrected chi connectivity index (χ2v) is 4.11. The first-order valence-electron chi connectivity index (χ1n) is 5.73. The topological polar surface area (TPSA) is 35.9 Å². The minimum absolute atomic E-state index is 0.762. The lowest BCUT2D eigenvalue weighted by molar-refractivity contribution is 0.135. The highest BCUT2D eigenvalue weighted by Gasteiger charge is 2.15. The average molecular weight is 219 g/mol. The van der Waals surface area contributed by atoms with E-state index in [1.54, 1.807) is 5.01 Å².